The number of anilines is 1. The van der Waals surface area contributed by atoms with Gasteiger partial charge in [0.2, 0.25) is 0 Å². The maximum Gasteiger partial charge on any atom is 0.265 e. The molecule has 0 aliphatic carbocycles. The molecular formula is C20H16N2O2S2. The predicted octanol–water partition coefficient (Wildman–Crippen LogP) is 4.73. The molecule has 1 amide bonds. The Labute approximate surface area is 158 Å². The van der Waals surface area contributed by atoms with Gasteiger partial charge in [-0.15, -0.1) is 23.1 Å². The molecule has 0 aliphatic rings. The van der Waals surface area contributed by atoms with Crippen LogP contribution in [-0.2, 0) is 7.05 Å². The van der Waals surface area contributed by atoms with Gasteiger partial charge in [-0.05, 0) is 36.6 Å². The largest absolute Gasteiger partial charge is 0.321 e. The second-order valence-electron chi connectivity index (χ2n) is 5.92. The van der Waals surface area contributed by atoms with E-state index in [1.165, 1.54) is 11.3 Å². The minimum absolute atomic E-state index is 0.0848. The highest BCUT2D eigenvalue weighted by atomic mass is 32.2. The number of nitrogens with one attached hydrogen (secondary N) is 1. The van der Waals surface area contributed by atoms with Gasteiger partial charge in [-0.3, -0.25) is 9.59 Å². The molecule has 1 N–H and O–H groups in total. The molecule has 4 nitrogen and oxygen atoms in total. The Hall–Kier alpha value is -2.57. The van der Waals surface area contributed by atoms with E-state index in [4.69, 9.17) is 0 Å². The highest BCUT2D eigenvalue weighted by Crippen LogP contribution is 2.31. The van der Waals surface area contributed by atoms with E-state index in [2.05, 4.69) is 5.32 Å². The fourth-order valence-corrected chi connectivity index (χ4v) is 4.54. The summed E-state index contributed by atoms with van der Waals surface area (Å²) < 4.78 is 2.49. The Bertz CT molecular complexity index is 1210. The number of benzene rings is 2. The van der Waals surface area contributed by atoms with Crippen LogP contribution in [0.3, 0.4) is 0 Å². The van der Waals surface area contributed by atoms with E-state index in [1.54, 1.807) is 29.4 Å². The van der Waals surface area contributed by atoms with E-state index in [-0.39, 0.29) is 11.5 Å². The molecule has 6 heteroatoms. The summed E-state index contributed by atoms with van der Waals surface area (Å²) in [4.78, 5) is 27.0. The number of hydrogen-bond donors (Lipinski definition) is 1. The van der Waals surface area contributed by atoms with Crippen molar-refractivity contribution < 1.29 is 4.79 Å². The molecule has 2 aromatic carbocycles. The number of para-hydroxylation sites is 1. The first-order valence-corrected chi connectivity index (χ1v) is 10.1. The van der Waals surface area contributed by atoms with Gasteiger partial charge in [0.25, 0.3) is 11.5 Å². The quantitative estimate of drug-likeness (QED) is 0.523. The van der Waals surface area contributed by atoms with E-state index in [1.807, 2.05) is 54.8 Å². The molecule has 0 saturated heterocycles. The summed E-state index contributed by atoms with van der Waals surface area (Å²) in [6.45, 7) is 0. The van der Waals surface area contributed by atoms with Crippen LogP contribution in [0, 0.1) is 0 Å². The van der Waals surface area contributed by atoms with Crippen LogP contribution in [-0.4, -0.2) is 16.7 Å². The number of pyridine rings is 1. The average Bonchev–Trinajstić information content (AvgIpc) is 3.12. The molecule has 0 fully saturated rings. The number of amides is 1. The minimum Gasteiger partial charge on any atom is -0.321 e. The number of aromatic nitrogens is 1. The van der Waals surface area contributed by atoms with E-state index >= 15 is 0 Å². The van der Waals surface area contributed by atoms with E-state index in [0.717, 1.165) is 26.2 Å². The number of fused-ring (bicyclic) bond motifs is 3. The molecule has 4 rings (SSSR count). The van der Waals surface area contributed by atoms with Gasteiger partial charge in [-0.2, -0.15) is 0 Å². The van der Waals surface area contributed by atoms with Crippen LogP contribution in [0.25, 0.3) is 21.0 Å². The number of nitrogens with zero attached hydrogens (tertiary/aromatic N) is 1. The zero-order valence-electron chi connectivity index (χ0n) is 14.3. The first-order chi connectivity index (χ1) is 12.6. The summed E-state index contributed by atoms with van der Waals surface area (Å²) in [6.07, 6.45) is 1.99. The monoisotopic (exact) mass is 380 g/mol. The lowest BCUT2D eigenvalue weighted by Gasteiger charge is -2.05. The fourth-order valence-electron chi connectivity index (χ4n) is 3.00. The van der Waals surface area contributed by atoms with Gasteiger partial charge in [0.15, 0.2) is 0 Å². The van der Waals surface area contributed by atoms with Crippen molar-refractivity contribution in [2.75, 3.05) is 11.6 Å². The van der Waals surface area contributed by atoms with Crippen LogP contribution < -0.4 is 10.9 Å². The third-order valence-electron chi connectivity index (χ3n) is 4.33. The number of carbonyl (C=O) groups is 1. The maximum absolute atomic E-state index is 12.7. The van der Waals surface area contributed by atoms with E-state index < -0.39 is 0 Å². The summed E-state index contributed by atoms with van der Waals surface area (Å²) in [5.41, 5.74) is 1.53. The van der Waals surface area contributed by atoms with Crippen molar-refractivity contribution in [3.05, 3.63) is 69.8 Å². The molecule has 0 atom stereocenters. The molecule has 0 aliphatic heterocycles. The first kappa shape index (κ1) is 16.9. The standard InChI is InChI=1S/C20H16N2O2S2/c1-22-16-9-4-3-8-14(16)18-15(20(22)24)11-17(26-18)19(23)21-12-6-5-7-13(10-12)25-2/h3-11H,1-2H3,(H,21,23). The second-order valence-corrected chi connectivity index (χ2v) is 7.85. The lowest BCUT2D eigenvalue weighted by atomic mass is 10.2. The lowest BCUT2D eigenvalue weighted by Crippen LogP contribution is -2.16. The minimum atomic E-state index is -0.199. The molecule has 0 unspecified atom stereocenters. The lowest BCUT2D eigenvalue weighted by molar-refractivity contribution is 0.103. The molecule has 130 valence electrons. The van der Waals surface area contributed by atoms with Crippen molar-refractivity contribution in [2.24, 2.45) is 7.05 Å². The van der Waals surface area contributed by atoms with E-state index in [0.29, 0.717) is 10.3 Å². The zero-order valence-corrected chi connectivity index (χ0v) is 15.9. The highest BCUT2D eigenvalue weighted by Gasteiger charge is 2.16. The van der Waals surface area contributed by atoms with Crippen LogP contribution in [0.1, 0.15) is 9.67 Å². The number of rotatable bonds is 3. The SMILES string of the molecule is CSc1cccc(NC(=O)c2cc3c(=O)n(C)c4ccccc4c3s2)c1. The topological polar surface area (TPSA) is 51.1 Å². The molecule has 2 heterocycles. The summed E-state index contributed by atoms with van der Waals surface area (Å²) in [5, 5.41) is 4.49. The van der Waals surface area contributed by atoms with Crippen molar-refractivity contribution in [1.29, 1.82) is 0 Å². The Kier molecular flexibility index (Phi) is 4.30. The number of thiophene rings is 1. The van der Waals surface area contributed by atoms with Crippen LogP contribution in [0.4, 0.5) is 5.69 Å². The first-order valence-electron chi connectivity index (χ1n) is 8.05. The fraction of sp³-hybridized carbons (Fsp3) is 0.100. The Morgan fingerprint density at radius 2 is 1.88 bits per heavy atom. The third kappa shape index (κ3) is 2.81. The molecule has 2 aromatic heterocycles. The van der Waals surface area contributed by atoms with Gasteiger partial charge in [-0.25, -0.2) is 0 Å². The Morgan fingerprint density at radius 3 is 2.69 bits per heavy atom. The zero-order chi connectivity index (χ0) is 18.3. The normalized spacial score (nSPS) is 11.2. The van der Waals surface area contributed by atoms with Gasteiger partial charge in [0.05, 0.1) is 15.8 Å². The molecule has 0 saturated carbocycles. The number of hydrogen-bond acceptors (Lipinski definition) is 4. The summed E-state index contributed by atoms with van der Waals surface area (Å²) >= 11 is 2.98. The van der Waals surface area contributed by atoms with Gasteiger partial charge in [0.1, 0.15) is 0 Å². The van der Waals surface area contributed by atoms with Crippen molar-refractivity contribution >= 4 is 55.7 Å². The Balaban J connectivity index is 1.80. The van der Waals surface area contributed by atoms with Crippen molar-refractivity contribution in [3.63, 3.8) is 0 Å². The van der Waals surface area contributed by atoms with Crippen LogP contribution in [0.5, 0.6) is 0 Å². The second kappa shape index (κ2) is 6.63. The van der Waals surface area contributed by atoms with Crippen LogP contribution in [0.2, 0.25) is 0 Å². The molecule has 26 heavy (non-hydrogen) atoms. The van der Waals surface area contributed by atoms with Crippen LogP contribution in [0.15, 0.2) is 64.3 Å². The molecule has 0 radical (unpaired) electrons. The van der Waals surface area contributed by atoms with Crippen LogP contribution >= 0.6 is 23.1 Å². The van der Waals surface area contributed by atoms with Gasteiger partial charge < -0.3 is 9.88 Å². The Morgan fingerprint density at radius 1 is 1.08 bits per heavy atom. The van der Waals surface area contributed by atoms with Gasteiger partial charge in [0, 0.05) is 27.7 Å². The third-order valence-corrected chi connectivity index (χ3v) is 6.22. The van der Waals surface area contributed by atoms with Crippen molar-refractivity contribution in [1.82, 2.24) is 4.57 Å². The number of aryl methyl sites for hydroxylation is 1. The molecule has 0 bridgehead atoms. The van der Waals surface area contributed by atoms with Gasteiger partial charge in [-0.1, -0.05) is 24.3 Å². The summed E-state index contributed by atoms with van der Waals surface area (Å²) in [5.74, 6) is -0.199. The molecule has 0 spiro atoms. The van der Waals surface area contributed by atoms with E-state index in [9.17, 15) is 9.59 Å². The smallest absolute Gasteiger partial charge is 0.265 e. The number of carbonyl (C=O) groups excluding carboxylic acids is 1. The molecule has 4 aromatic rings. The molecular weight excluding hydrogens is 364 g/mol. The van der Waals surface area contributed by atoms with Crippen molar-refractivity contribution in [2.45, 2.75) is 4.90 Å². The maximum atomic E-state index is 12.7. The number of thioether (sulfide) groups is 1. The summed E-state index contributed by atoms with van der Waals surface area (Å²) in [6, 6.07) is 17.2. The summed E-state index contributed by atoms with van der Waals surface area (Å²) in [7, 11) is 1.76. The van der Waals surface area contributed by atoms with Crippen molar-refractivity contribution in [3.8, 4) is 0 Å². The highest BCUT2D eigenvalue weighted by molar-refractivity contribution is 7.98. The van der Waals surface area contributed by atoms with Gasteiger partial charge >= 0.3 is 0 Å². The average molecular weight is 380 g/mol. The predicted molar refractivity (Wildman–Crippen MR) is 111 cm³/mol.